The zero-order valence-electron chi connectivity index (χ0n) is 19.4. The van der Waals surface area contributed by atoms with E-state index < -0.39 is 17.6 Å². The van der Waals surface area contributed by atoms with Crippen LogP contribution in [0, 0.1) is 0 Å². The van der Waals surface area contributed by atoms with Gasteiger partial charge in [-0.15, -0.1) is 0 Å². The van der Waals surface area contributed by atoms with E-state index in [-0.39, 0.29) is 12.3 Å². The van der Waals surface area contributed by atoms with Crippen molar-refractivity contribution in [3.05, 3.63) is 42.2 Å². The maximum atomic E-state index is 12.1. The smallest absolute Gasteiger partial charge is 0.412 e. The summed E-state index contributed by atoms with van der Waals surface area (Å²) in [4.78, 5) is 34.8. The molecule has 10 nitrogen and oxygen atoms in total. The molecule has 0 atom stereocenters. The number of hydrogen-bond acceptors (Lipinski definition) is 6. The molecule has 0 saturated heterocycles. The van der Waals surface area contributed by atoms with Crippen LogP contribution in [0.4, 0.5) is 16.2 Å². The van der Waals surface area contributed by atoms with Gasteiger partial charge in [0, 0.05) is 24.7 Å². The first kappa shape index (κ1) is 25.9. The molecule has 1 aromatic carbocycles. The third kappa shape index (κ3) is 10.6. The molecule has 0 radical (unpaired) electrons. The molecule has 0 aliphatic rings. The number of anilines is 2. The fourth-order valence-corrected chi connectivity index (χ4v) is 3.02. The van der Waals surface area contributed by atoms with E-state index in [1.54, 1.807) is 55.5 Å². The number of nitrogens with one attached hydrogen (secondary N) is 3. The van der Waals surface area contributed by atoms with Crippen molar-refractivity contribution in [2.24, 2.45) is 0 Å². The second kappa shape index (κ2) is 12.6. The van der Waals surface area contributed by atoms with Gasteiger partial charge < -0.3 is 10.1 Å². The third-order valence-electron chi connectivity index (χ3n) is 4.54. The Labute approximate surface area is 193 Å². The molecule has 1 aromatic heterocycles. The summed E-state index contributed by atoms with van der Waals surface area (Å²) in [5.41, 5.74) is 3.30. The number of ether oxygens (including phenoxy) is 1. The molecule has 1 heterocycles. The summed E-state index contributed by atoms with van der Waals surface area (Å²) in [5.74, 6) is -0.474. The van der Waals surface area contributed by atoms with Gasteiger partial charge in [-0.3, -0.25) is 24.8 Å². The first-order valence-corrected chi connectivity index (χ1v) is 11.0. The lowest BCUT2D eigenvalue weighted by atomic mass is 10.1. The maximum absolute atomic E-state index is 12.1. The molecule has 0 aliphatic carbocycles. The van der Waals surface area contributed by atoms with E-state index in [2.05, 4.69) is 15.7 Å². The molecule has 2 rings (SSSR count). The summed E-state index contributed by atoms with van der Waals surface area (Å²) in [6.45, 7) is 5.94. The van der Waals surface area contributed by atoms with Crippen LogP contribution in [-0.2, 0) is 20.9 Å². The summed E-state index contributed by atoms with van der Waals surface area (Å²) < 4.78 is 6.96. The van der Waals surface area contributed by atoms with E-state index in [4.69, 9.17) is 9.94 Å². The van der Waals surface area contributed by atoms with E-state index >= 15 is 0 Å². The predicted octanol–water partition coefficient (Wildman–Crippen LogP) is 4.06. The highest BCUT2D eigenvalue weighted by Gasteiger charge is 2.16. The maximum Gasteiger partial charge on any atom is 0.412 e. The van der Waals surface area contributed by atoms with Crippen LogP contribution in [0.15, 0.2) is 36.7 Å². The minimum atomic E-state index is -0.558. The lowest BCUT2D eigenvalue weighted by Gasteiger charge is -2.19. The van der Waals surface area contributed by atoms with Crippen molar-refractivity contribution in [3.63, 3.8) is 0 Å². The summed E-state index contributed by atoms with van der Waals surface area (Å²) in [6, 6.07) is 7.36. The Balaban J connectivity index is 1.71. The Morgan fingerprint density at radius 3 is 2.18 bits per heavy atom. The Morgan fingerprint density at radius 1 is 0.939 bits per heavy atom. The van der Waals surface area contributed by atoms with Gasteiger partial charge in [-0.1, -0.05) is 25.0 Å². The van der Waals surface area contributed by atoms with Crippen LogP contribution < -0.4 is 16.1 Å². The molecule has 4 N–H and O–H groups in total. The van der Waals surface area contributed by atoms with Gasteiger partial charge in [0.15, 0.2) is 0 Å². The van der Waals surface area contributed by atoms with Gasteiger partial charge in [-0.25, -0.2) is 10.3 Å². The van der Waals surface area contributed by atoms with Crippen molar-refractivity contribution >= 4 is 29.3 Å². The zero-order chi connectivity index (χ0) is 24.3. The molecule has 33 heavy (non-hydrogen) atoms. The van der Waals surface area contributed by atoms with Crippen molar-refractivity contribution in [1.82, 2.24) is 15.3 Å². The van der Waals surface area contributed by atoms with Crippen LogP contribution in [-0.4, -0.2) is 38.5 Å². The quantitative estimate of drug-likeness (QED) is 0.227. The van der Waals surface area contributed by atoms with E-state index in [1.807, 2.05) is 12.1 Å². The lowest BCUT2D eigenvalue weighted by Crippen LogP contribution is -2.27. The average Bonchev–Trinajstić information content (AvgIpc) is 3.17. The van der Waals surface area contributed by atoms with Gasteiger partial charge in [0.1, 0.15) is 5.60 Å². The summed E-state index contributed by atoms with van der Waals surface area (Å²) in [7, 11) is 0. The molecule has 0 aliphatic heterocycles. The van der Waals surface area contributed by atoms with Crippen molar-refractivity contribution in [2.45, 2.75) is 71.4 Å². The summed E-state index contributed by atoms with van der Waals surface area (Å²) >= 11 is 0. The van der Waals surface area contributed by atoms with Crippen LogP contribution >= 0.6 is 0 Å². The molecule has 2 aromatic rings. The average molecular weight is 460 g/mol. The predicted molar refractivity (Wildman–Crippen MR) is 124 cm³/mol. The monoisotopic (exact) mass is 459 g/mol. The number of carbonyl (C=O) groups excluding carboxylic acids is 3. The highest BCUT2D eigenvalue weighted by molar-refractivity contribution is 5.90. The number of hydrogen-bond donors (Lipinski definition) is 4. The van der Waals surface area contributed by atoms with Gasteiger partial charge in [-0.05, 0) is 51.3 Å². The third-order valence-corrected chi connectivity index (χ3v) is 4.54. The molecule has 0 fully saturated rings. The van der Waals surface area contributed by atoms with Crippen LogP contribution in [0.1, 0.15) is 64.9 Å². The van der Waals surface area contributed by atoms with Gasteiger partial charge in [0.2, 0.25) is 11.8 Å². The molecular weight excluding hydrogens is 426 g/mol. The number of carbonyl (C=O) groups is 3. The Bertz CT molecular complexity index is 918. The van der Waals surface area contributed by atoms with Gasteiger partial charge in [0.05, 0.1) is 18.4 Å². The molecule has 0 unspecified atom stereocenters. The number of amides is 3. The molecule has 180 valence electrons. The normalized spacial score (nSPS) is 11.0. The lowest BCUT2D eigenvalue weighted by molar-refractivity contribution is -0.129. The number of rotatable bonds is 11. The zero-order valence-corrected chi connectivity index (χ0v) is 19.4. The van der Waals surface area contributed by atoms with E-state index in [0.717, 1.165) is 24.8 Å². The first-order valence-electron chi connectivity index (χ1n) is 11.0. The molecule has 0 spiro atoms. The number of unbranched alkanes of at least 4 members (excludes halogenated alkanes) is 3. The molecular formula is C23H33N5O5. The van der Waals surface area contributed by atoms with E-state index in [9.17, 15) is 14.4 Å². The fraction of sp³-hybridized carbons (Fsp3) is 0.478. The van der Waals surface area contributed by atoms with E-state index in [1.165, 1.54) is 0 Å². The topological polar surface area (TPSA) is 135 Å². The molecule has 0 saturated carbocycles. The summed E-state index contributed by atoms with van der Waals surface area (Å²) in [5, 5.41) is 18.2. The second-order valence-electron chi connectivity index (χ2n) is 8.75. The van der Waals surface area contributed by atoms with Crippen LogP contribution in [0.3, 0.4) is 0 Å². The van der Waals surface area contributed by atoms with Gasteiger partial charge >= 0.3 is 6.09 Å². The van der Waals surface area contributed by atoms with Crippen LogP contribution in [0.5, 0.6) is 0 Å². The van der Waals surface area contributed by atoms with Crippen molar-refractivity contribution in [2.75, 3.05) is 10.6 Å². The van der Waals surface area contributed by atoms with Crippen molar-refractivity contribution < 1.29 is 24.3 Å². The van der Waals surface area contributed by atoms with Crippen LogP contribution in [0.2, 0.25) is 0 Å². The molecule has 3 amide bonds. The highest BCUT2D eigenvalue weighted by atomic mass is 16.6. The number of hydroxylamine groups is 1. The second-order valence-corrected chi connectivity index (χ2v) is 8.75. The number of benzene rings is 1. The van der Waals surface area contributed by atoms with E-state index in [0.29, 0.717) is 30.8 Å². The van der Waals surface area contributed by atoms with Crippen LogP contribution in [0.25, 0.3) is 0 Å². The van der Waals surface area contributed by atoms with Gasteiger partial charge in [0.25, 0.3) is 0 Å². The Morgan fingerprint density at radius 2 is 1.58 bits per heavy atom. The molecule has 10 heteroatoms. The number of nitrogens with zero attached hydrogens (tertiary/aromatic N) is 2. The minimum Gasteiger partial charge on any atom is -0.444 e. The fourth-order valence-electron chi connectivity index (χ4n) is 3.02. The standard InChI is InChI=1S/C23H33N5O5/c1-23(2,3)33-22(31)26-18-12-10-17(11-13-18)15-28-16-19(14-24-28)25-20(29)8-6-4-5-7-9-21(30)27-32/h10-14,16,32H,4-9,15H2,1-3H3,(H,25,29)(H,26,31)(H,27,30). The largest absolute Gasteiger partial charge is 0.444 e. The SMILES string of the molecule is CC(C)(C)OC(=O)Nc1ccc(Cn2cc(NC(=O)CCCCCCC(=O)NO)cn2)cc1. The summed E-state index contributed by atoms with van der Waals surface area (Å²) in [6.07, 6.45) is 6.60. The minimum absolute atomic E-state index is 0.0831. The Hall–Kier alpha value is -3.40. The Kier molecular flexibility index (Phi) is 9.86. The highest BCUT2D eigenvalue weighted by Crippen LogP contribution is 2.15. The van der Waals surface area contributed by atoms with Gasteiger partial charge in [-0.2, -0.15) is 5.10 Å². The first-order chi connectivity index (χ1) is 15.6. The number of aromatic nitrogens is 2. The van der Waals surface area contributed by atoms with Crippen molar-refractivity contribution in [1.29, 1.82) is 0 Å². The molecule has 0 bridgehead atoms. The van der Waals surface area contributed by atoms with Crippen molar-refractivity contribution in [3.8, 4) is 0 Å².